The molecule has 1 fully saturated rings. The minimum Gasteiger partial charge on any atom is -0.342 e. The number of carbonyl (C=O) groups excluding carboxylic acids is 1. The summed E-state index contributed by atoms with van der Waals surface area (Å²) in [4.78, 5) is 19.5. The van der Waals surface area contributed by atoms with Crippen LogP contribution >= 0.6 is 11.8 Å². The monoisotopic (exact) mass is 479 g/mol. The van der Waals surface area contributed by atoms with Crippen molar-refractivity contribution in [3.8, 4) is 0 Å². The Morgan fingerprint density at radius 3 is 2.36 bits per heavy atom. The number of likely N-dealkylation sites (tertiary alicyclic amines) is 1. The van der Waals surface area contributed by atoms with E-state index < -0.39 is 10.0 Å². The van der Waals surface area contributed by atoms with Crippen LogP contribution in [0.1, 0.15) is 25.7 Å². The molecule has 0 atom stereocenters. The Kier molecular flexibility index (Phi) is 6.12. The lowest BCUT2D eigenvalue weighted by Crippen LogP contribution is -2.33. The van der Waals surface area contributed by atoms with Crippen LogP contribution in [0.15, 0.2) is 76.8 Å². The maximum atomic E-state index is 13.8. The number of hydrogen-bond acceptors (Lipinski definition) is 5. The summed E-state index contributed by atoms with van der Waals surface area (Å²) in [6, 6.07) is 20.0. The molecule has 6 nitrogen and oxygen atoms in total. The van der Waals surface area contributed by atoms with E-state index in [0.29, 0.717) is 16.2 Å². The lowest BCUT2D eigenvalue weighted by Gasteiger charge is -2.20. The second-order valence-corrected chi connectivity index (χ2v) is 11.0. The maximum Gasteiger partial charge on any atom is 0.270 e. The summed E-state index contributed by atoms with van der Waals surface area (Å²) in [7, 11) is -3.91. The lowest BCUT2D eigenvalue weighted by molar-refractivity contribution is -0.128. The molecule has 33 heavy (non-hydrogen) atoms. The molecule has 0 N–H and O–H groups in total. The van der Waals surface area contributed by atoms with Gasteiger partial charge in [0.15, 0.2) is 5.16 Å². The zero-order valence-electron chi connectivity index (χ0n) is 18.2. The summed E-state index contributed by atoms with van der Waals surface area (Å²) in [6.45, 7) is 1.54. The van der Waals surface area contributed by atoms with Gasteiger partial charge in [-0.1, -0.05) is 67.1 Å². The molecule has 0 aliphatic carbocycles. The molecule has 2 heterocycles. The first-order valence-corrected chi connectivity index (χ1v) is 13.6. The van der Waals surface area contributed by atoms with E-state index >= 15 is 0 Å². The van der Waals surface area contributed by atoms with Crippen molar-refractivity contribution in [2.75, 3.05) is 18.8 Å². The summed E-state index contributed by atoms with van der Waals surface area (Å²) in [5.41, 5.74) is 1.10. The molecular formula is C25H25N3O3S2. The second-order valence-electron chi connectivity index (χ2n) is 8.25. The Hall–Kier alpha value is -2.84. The van der Waals surface area contributed by atoms with Crippen molar-refractivity contribution in [1.82, 2.24) is 13.9 Å². The zero-order chi connectivity index (χ0) is 22.8. The van der Waals surface area contributed by atoms with E-state index in [-0.39, 0.29) is 16.6 Å². The van der Waals surface area contributed by atoms with Crippen LogP contribution < -0.4 is 0 Å². The van der Waals surface area contributed by atoms with Crippen LogP contribution in [0.25, 0.3) is 21.8 Å². The number of benzene rings is 3. The summed E-state index contributed by atoms with van der Waals surface area (Å²) >= 11 is 1.19. The Morgan fingerprint density at radius 2 is 1.58 bits per heavy atom. The average molecular weight is 480 g/mol. The Morgan fingerprint density at radius 1 is 0.879 bits per heavy atom. The van der Waals surface area contributed by atoms with Crippen molar-refractivity contribution in [3.05, 3.63) is 66.7 Å². The topological polar surface area (TPSA) is 72.3 Å². The van der Waals surface area contributed by atoms with Crippen molar-refractivity contribution in [1.29, 1.82) is 0 Å². The quantitative estimate of drug-likeness (QED) is 0.380. The van der Waals surface area contributed by atoms with Crippen molar-refractivity contribution >= 4 is 49.5 Å². The van der Waals surface area contributed by atoms with Crippen LogP contribution in [0.4, 0.5) is 0 Å². The van der Waals surface area contributed by atoms with E-state index in [1.807, 2.05) is 41.3 Å². The van der Waals surface area contributed by atoms with E-state index in [4.69, 9.17) is 0 Å². The van der Waals surface area contributed by atoms with Crippen LogP contribution in [0.5, 0.6) is 0 Å². The predicted molar refractivity (Wildman–Crippen MR) is 132 cm³/mol. The number of imidazole rings is 1. The third-order valence-corrected chi connectivity index (χ3v) is 8.77. The Balaban J connectivity index is 1.51. The van der Waals surface area contributed by atoms with Gasteiger partial charge >= 0.3 is 0 Å². The van der Waals surface area contributed by atoms with E-state index in [0.717, 1.165) is 49.5 Å². The van der Waals surface area contributed by atoms with E-state index in [9.17, 15) is 13.2 Å². The van der Waals surface area contributed by atoms with Gasteiger partial charge in [0.2, 0.25) is 5.91 Å². The zero-order valence-corrected chi connectivity index (χ0v) is 19.8. The molecule has 170 valence electrons. The molecule has 8 heteroatoms. The molecule has 4 aromatic rings. The lowest BCUT2D eigenvalue weighted by atomic mass is 10.1. The third kappa shape index (κ3) is 4.37. The first-order chi connectivity index (χ1) is 16.0. The molecule has 1 aliphatic heterocycles. The van der Waals surface area contributed by atoms with Crippen LogP contribution in [0, 0.1) is 0 Å². The van der Waals surface area contributed by atoms with Crippen molar-refractivity contribution in [3.63, 3.8) is 0 Å². The predicted octanol–water partition coefficient (Wildman–Crippen LogP) is 4.92. The molecule has 0 saturated carbocycles. The summed E-state index contributed by atoms with van der Waals surface area (Å²) in [5, 5.41) is 2.14. The molecule has 1 saturated heterocycles. The van der Waals surface area contributed by atoms with E-state index in [1.54, 1.807) is 30.3 Å². The van der Waals surface area contributed by atoms with Gasteiger partial charge < -0.3 is 4.90 Å². The number of nitrogens with zero attached hydrogens (tertiary/aromatic N) is 3. The number of amides is 1. The van der Waals surface area contributed by atoms with Gasteiger partial charge in [-0.15, -0.1) is 0 Å². The van der Waals surface area contributed by atoms with Crippen LogP contribution in [0.3, 0.4) is 0 Å². The minimum absolute atomic E-state index is 0.0311. The van der Waals surface area contributed by atoms with Gasteiger partial charge in [-0.2, -0.15) is 0 Å². The standard InChI is InChI=1S/C25H25N3O3S2/c29-24(27-15-7-1-2-8-16-27)18-32-25-26-22-11-5-6-12-23(22)28(25)33(30,31)21-14-13-19-9-3-4-10-20(19)17-21/h3-6,9-14,17H,1-2,7-8,15-16,18H2. The molecule has 0 spiro atoms. The molecule has 0 unspecified atom stereocenters. The third-order valence-electron chi connectivity index (χ3n) is 6.03. The highest BCUT2D eigenvalue weighted by molar-refractivity contribution is 8.00. The van der Waals surface area contributed by atoms with Gasteiger partial charge in [-0.05, 0) is 47.9 Å². The summed E-state index contributed by atoms with van der Waals surface area (Å²) < 4.78 is 28.8. The van der Waals surface area contributed by atoms with E-state index in [1.165, 1.54) is 15.7 Å². The molecule has 1 aliphatic rings. The van der Waals surface area contributed by atoms with Gasteiger partial charge in [0, 0.05) is 13.1 Å². The smallest absolute Gasteiger partial charge is 0.270 e. The van der Waals surface area contributed by atoms with Crippen LogP contribution in [0.2, 0.25) is 0 Å². The number of rotatable bonds is 5. The number of para-hydroxylation sites is 2. The second kappa shape index (κ2) is 9.19. The fourth-order valence-corrected chi connectivity index (χ4v) is 6.93. The number of fused-ring (bicyclic) bond motifs is 2. The fraction of sp³-hybridized carbons (Fsp3) is 0.280. The minimum atomic E-state index is -3.91. The molecular weight excluding hydrogens is 454 g/mol. The number of aromatic nitrogens is 2. The van der Waals surface area contributed by atoms with Gasteiger partial charge in [0.25, 0.3) is 10.0 Å². The maximum absolute atomic E-state index is 13.8. The Labute approximate surface area is 197 Å². The summed E-state index contributed by atoms with van der Waals surface area (Å²) in [5.74, 6) is 0.194. The highest BCUT2D eigenvalue weighted by Gasteiger charge is 2.26. The molecule has 0 bridgehead atoms. The molecule has 3 aromatic carbocycles. The summed E-state index contributed by atoms with van der Waals surface area (Å²) in [6.07, 6.45) is 4.34. The van der Waals surface area contributed by atoms with Gasteiger partial charge in [-0.25, -0.2) is 17.4 Å². The molecule has 5 rings (SSSR count). The molecule has 1 aromatic heterocycles. The molecule has 1 amide bonds. The van der Waals surface area contributed by atoms with Crippen LogP contribution in [-0.2, 0) is 14.8 Å². The van der Waals surface area contributed by atoms with E-state index in [2.05, 4.69) is 4.98 Å². The fourth-order valence-electron chi connectivity index (χ4n) is 4.28. The number of hydrogen-bond donors (Lipinski definition) is 0. The largest absolute Gasteiger partial charge is 0.342 e. The highest BCUT2D eigenvalue weighted by Crippen LogP contribution is 2.30. The first kappa shape index (κ1) is 22.0. The Bertz CT molecular complexity index is 1420. The number of thioether (sulfide) groups is 1. The molecule has 0 radical (unpaired) electrons. The normalized spacial score (nSPS) is 15.1. The van der Waals surface area contributed by atoms with Gasteiger partial charge in [-0.3, -0.25) is 4.79 Å². The van der Waals surface area contributed by atoms with Gasteiger partial charge in [0.1, 0.15) is 0 Å². The van der Waals surface area contributed by atoms with Crippen LogP contribution in [-0.4, -0.2) is 47.0 Å². The van der Waals surface area contributed by atoms with Crippen molar-refractivity contribution in [2.45, 2.75) is 35.7 Å². The van der Waals surface area contributed by atoms with Crippen molar-refractivity contribution in [2.24, 2.45) is 0 Å². The first-order valence-electron chi connectivity index (χ1n) is 11.2. The average Bonchev–Trinajstić information content (AvgIpc) is 3.00. The number of carbonyl (C=O) groups is 1. The highest BCUT2D eigenvalue weighted by atomic mass is 32.2. The van der Waals surface area contributed by atoms with Crippen molar-refractivity contribution < 1.29 is 13.2 Å². The van der Waals surface area contributed by atoms with Gasteiger partial charge in [0.05, 0.1) is 21.7 Å². The SMILES string of the molecule is O=C(CSc1nc2ccccc2n1S(=O)(=O)c1ccc2ccccc2c1)N1CCCCCC1.